The van der Waals surface area contributed by atoms with Crippen LogP contribution in [-0.2, 0) is 0 Å². The fourth-order valence-electron chi connectivity index (χ4n) is 1.61. The summed E-state index contributed by atoms with van der Waals surface area (Å²) in [7, 11) is 0. The Morgan fingerprint density at radius 3 is 2.62 bits per heavy atom. The standard InChI is InChI=1S/C14H18N2.H2/c1-3-15-14(10-12-9-11(12)2)16-13-7-5-4-6-8-13;/h4-10,12,15-16H,3H2,1-2H3;1H/b14-10-;. The van der Waals surface area contributed by atoms with Gasteiger partial charge in [-0.05, 0) is 32.1 Å². The smallest absolute Gasteiger partial charge is 0.0999 e. The third-order valence-electron chi connectivity index (χ3n) is 2.63. The molecule has 0 aliphatic heterocycles. The van der Waals surface area contributed by atoms with E-state index in [1.54, 1.807) is 0 Å². The molecule has 86 valence electrons. The van der Waals surface area contributed by atoms with Crippen LogP contribution in [0, 0.1) is 5.92 Å². The molecule has 2 nitrogen and oxygen atoms in total. The van der Waals surface area contributed by atoms with E-state index in [1.807, 2.05) is 18.2 Å². The monoisotopic (exact) mass is 216 g/mol. The van der Waals surface area contributed by atoms with Crippen molar-refractivity contribution in [3.05, 3.63) is 53.9 Å². The summed E-state index contributed by atoms with van der Waals surface area (Å²) in [6, 6.07) is 10.2. The molecule has 0 saturated heterocycles. The largest absolute Gasteiger partial charge is 0.372 e. The predicted octanol–water partition coefficient (Wildman–Crippen LogP) is 3.37. The van der Waals surface area contributed by atoms with Gasteiger partial charge in [0.15, 0.2) is 0 Å². The summed E-state index contributed by atoms with van der Waals surface area (Å²) in [5.74, 6) is 1.64. The molecule has 0 radical (unpaired) electrons. The maximum absolute atomic E-state index is 3.39. The van der Waals surface area contributed by atoms with Crippen LogP contribution < -0.4 is 10.6 Å². The number of anilines is 1. The van der Waals surface area contributed by atoms with Crippen LogP contribution in [0.15, 0.2) is 53.9 Å². The number of hydrogen-bond acceptors (Lipinski definition) is 2. The van der Waals surface area contributed by atoms with Gasteiger partial charge in [0, 0.05) is 19.6 Å². The number of allylic oxidation sites excluding steroid dienone is 3. The van der Waals surface area contributed by atoms with E-state index in [4.69, 9.17) is 0 Å². The minimum atomic E-state index is 0. The van der Waals surface area contributed by atoms with Crippen LogP contribution in [0.3, 0.4) is 0 Å². The van der Waals surface area contributed by atoms with Gasteiger partial charge in [0.05, 0.1) is 5.82 Å². The third-order valence-corrected chi connectivity index (χ3v) is 2.63. The second kappa shape index (κ2) is 4.88. The van der Waals surface area contributed by atoms with E-state index in [9.17, 15) is 0 Å². The highest BCUT2D eigenvalue weighted by Crippen LogP contribution is 2.29. The highest BCUT2D eigenvalue weighted by molar-refractivity contribution is 5.48. The normalized spacial score (nSPS) is 19.0. The molecule has 0 amide bonds. The second-order valence-electron chi connectivity index (χ2n) is 4.04. The topological polar surface area (TPSA) is 24.1 Å². The Labute approximate surface area is 98.6 Å². The highest BCUT2D eigenvalue weighted by Gasteiger charge is 2.17. The van der Waals surface area contributed by atoms with Crippen molar-refractivity contribution in [2.45, 2.75) is 13.8 Å². The summed E-state index contributed by atoms with van der Waals surface area (Å²) in [6.07, 6.45) is 4.48. The van der Waals surface area contributed by atoms with Gasteiger partial charge in [0.25, 0.3) is 0 Å². The Balaban J connectivity index is 0.00000144. The van der Waals surface area contributed by atoms with Crippen molar-refractivity contribution in [1.29, 1.82) is 0 Å². The zero-order chi connectivity index (χ0) is 11.4. The van der Waals surface area contributed by atoms with Crippen LogP contribution in [0.4, 0.5) is 5.69 Å². The number of para-hydroxylation sites is 1. The summed E-state index contributed by atoms with van der Waals surface area (Å²) in [4.78, 5) is 0. The van der Waals surface area contributed by atoms with Crippen molar-refractivity contribution >= 4 is 5.69 Å². The molecule has 1 aromatic rings. The molecule has 1 aliphatic carbocycles. The Hall–Kier alpha value is -1.70. The average molecular weight is 216 g/mol. The van der Waals surface area contributed by atoms with E-state index in [1.165, 1.54) is 5.57 Å². The molecule has 0 aromatic heterocycles. The Kier molecular flexibility index (Phi) is 3.30. The molecule has 2 N–H and O–H groups in total. The number of hydrogen-bond donors (Lipinski definition) is 2. The van der Waals surface area contributed by atoms with Crippen molar-refractivity contribution in [3.8, 4) is 0 Å². The molecule has 0 fully saturated rings. The lowest BCUT2D eigenvalue weighted by molar-refractivity contribution is 0.847. The zero-order valence-electron chi connectivity index (χ0n) is 9.83. The summed E-state index contributed by atoms with van der Waals surface area (Å²) < 4.78 is 0. The molecule has 16 heavy (non-hydrogen) atoms. The predicted molar refractivity (Wildman–Crippen MR) is 71.2 cm³/mol. The lowest BCUT2D eigenvalue weighted by Gasteiger charge is -2.12. The van der Waals surface area contributed by atoms with Crippen LogP contribution in [-0.4, -0.2) is 6.54 Å². The molecule has 0 bridgehead atoms. The first-order valence-electron chi connectivity index (χ1n) is 5.75. The Bertz CT molecular complexity index is 409. The summed E-state index contributed by atoms with van der Waals surface area (Å²) >= 11 is 0. The fraction of sp³-hybridized carbons (Fsp3) is 0.286. The number of rotatable bonds is 5. The van der Waals surface area contributed by atoms with E-state index in [0.717, 1.165) is 18.1 Å². The highest BCUT2D eigenvalue weighted by atomic mass is 15.1. The third kappa shape index (κ3) is 2.89. The van der Waals surface area contributed by atoms with E-state index >= 15 is 0 Å². The molecule has 2 rings (SSSR count). The van der Waals surface area contributed by atoms with Gasteiger partial charge in [-0.15, -0.1) is 0 Å². The molecular weight excluding hydrogens is 196 g/mol. The van der Waals surface area contributed by atoms with Crippen molar-refractivity contribution < 1.29 is 1.43 Å². The van der Waals surface area contributed by atoms with Crippen molar-refractivity contribution in [2.24, 2.45) is 5.92 Å². The number of nitrogens with one attached hydrogen (secondary N) is 2. The molecule has 1 aliphatic rings. The van der Waals surface area contributed by atoms with E-state index < -0.39 is 0 Å². The van der Waals surface area contributed by atoms with Crippen LogP contribution >= 0.6 is 0 Å². The van der Waals surface area contributed by atoms with E-state index in [2.05, 4.69) is 48.8 Å². The van der Waals surface area contributed by atoms with Gasteiger partial charge in [-0.1, -0.05) is 29.8 Å². The number of benzene rings is 1. The van der Waals surface area contributed by atoms with Gasteiger partial charge in [-0.3, -0.25) is 0 Å². The molecular formula is C14H20N2. The first-order chi connectivity index (χ1) is 7.79. The Morgan fingerprint density at radius 1 is 1.38 bits per heavy atom. The lowest BCUT2D eigenvalue weighted by atomic mass is 10.2. The van der Waals surface area contributed by atoms with Gasteiger partial charge in [-0.2, -0.15) is 0 Å². The minimum Gasteiger partial charge on any atom is -0.372 e. The molecule has 0 spiro atoms. The van der Waals surface area contributed by atoms with Crippen molar-refractivity contribution in [1.82, 2.24) is 5.32 Å². The van der Waals surface area contributed by atoms with Gasteiger partial charge < -0.3 is 10.6 Å². The van der Waals surface area contributed by atoms with Gasteiger partial charge in [-0.25, -0.2) is 0 Å². The molecule has 2 heteroatoms. The quantitative estimate of drug-likeness (QED) is 0.737. The fourth-order valence-corrected chi connectivity index (χ4v) is 1.61. The van der Waals surface area contributed by atoms with Gasteiger partial charge in [0.2, 0.25) is 0 Å². The molecule has 1 unspecified atom stereocenters. The van der Waals surface area contributed by atoms with E-state index in [-0.39, 0.29) is 1.43 Å². The van der Waals surface area contributed by atoms with Crippen LogP contribution in [0.2, 0.25) is 0 Å². The summed E-state index contributed by atoms with van der Waals surface area (Å²) in [5.41, 5.74) is 2.57. The second-order valence-corrected chi connectivity index (χ2v) is 4.04. The van der Waals surface area contributed by atoms with Gasteiger partial charge in [0.1, 0.15) is 0 Å². The zero-order valence-corrected chi connectivity index (χ0v) is 9.83. The maximum atomic E-state index is 3.39. The van der Waals surface area contributed by atoms with E-state index in [0.29, 0.717) is 5.92 Å². The van der Waals surface area contributed by atoms with Crippen LogP contribution in [0.1, 0.15) is 15.3 Å². The Morgan fingerprint density at radius 2 is 2.06 bits per heavy atom. The van der Waals surface area contributed by atoms with Crippen LogP contribution in [0.25, 0.3) is 0 Å². The SMILES string of the molecule is CCN/C(=C/C1C=C1C)Nc1ccccc1.[HH]. The first kappa shape index (κ1) is 10.8. The van der Waals surface area contributed by atoms with Crippen molar-refractivity contribution in [3.63, 3.8) is 0 Å². The molecule has 1 atom stereocenters. The minimum absolute atomic E-state index is 0. The molecule has 1 aromatic carbocycles. The average Bonchev–Trinajstić information content (AvgIpc) is 2.96. The first-order valence-corrected chi connectivity index (χ1v) is 5.75. The van der Waals surface area contributed by atoms with Gasteiger partial charge >= 0.3 is 0 Å². The molecule has 0 saturated carbocycles. The van der Waals surface area contributed by atoms with Crippen molar-refractivity contribution in [2.75, 3.05) is 11.9 Å². The summed E-state index contributed by atoms with van der Waals surface area (Å²) in [5, 5.41) is 6.73. The lowest BCUT2D eigenvalue weighted by Crippen LogP contribution is -2.19. The van der Waals surface area contributed by atoms with Crippen LogP contribution in [0.5, 0.6) is 0 Å². The summed E-state index contributed by atoms with van der Waals surface area (Å²) in [6.45, 7) is 5.19. The molecule has 0 heterocycles. The maximum Gasteiger partial charge on any atom is 0.0999 e.